The van der Waals surface area contributed by atoms with Crippen molar-refractivity contribution >= 4 is 47.9 Å². The Balaban J connectivity index is 2.83. The van der Waals surface area contributed by atoms with E-state index < -0.39 is 16.0 Å². The maximum absolute atomic E-state index is 11.2. The first kappa shape index (κ1) is 16.4. The molecule has 0 aromatic heterocycles. The molecule has 0 heterocycles. The van der Waals surface area contributed by atoms with Gasteiger partial charge in [0.25, 0.3) is 0 Å². The highest BCUT2D eigenvalue weighted by atomic mass is 79.9. The number of rotatable bonds is 6. The Morgan fingerprint density at radius 3 is 2.26 bits per heavy atom. The lowest BCUT2D eigenvalue weighted by Gasteiger charge is -2.11. The maximum Gasteiger partial charge on any atom is 0.303 e. The van der Waals surface area contributed by atoms with Gasteiger partial charge >= 0.3 is 5.97 Å². The van der Waals surface area contributed by atoms with Crippen molar-refractivity contribution in [3.05, 3.63) is 21.1 Å². The van der Waals surface area contributed by atoms with Crippen LogP contribution in [0.2, 0.25) is 0 Å². The summed E-state index contributed by atoms with van der Waals surface area (Å²) in [4.78, 5) is 10.3. The molecule has 0 spiro atoms. The number of ether oxygens (including phenoxy) is 1. The average Bonchev–Trinajstić information content (AvgIpc) is 2.25. The lowest BCUT2D eigenvalue weighted by Crippen LogP contribution is -2.12. The SMILES string of the molecule is NS(=O)(=O)c1cc(Br)c(OCCCC(=O)O)c(Br)c1. The minimum absolute atomic E-state index is 0.00447. The molecule has 0 bridgehead atoms. The molecule has 6 nitrogen and oxygen atoms in total. The van der Waals surface area contributed by atoms with Gasteiger partial charge in [0.1, 0.15) is 5.75 Å². The van der Waals surface area contributed by atoms with Gasteiger partial charge in [-0.3, -0.25) is 4.79 Å². The summed E-state index contributed by atoms with van der Waals surface area (Å²) in [6, 6.07) is 2.65. The Hall–Kier alpha value is -0.640. The summed E-state index contributed by atoms with van der Waals surface area (Å²) < 4.78 is 28.7. The van der Waals surface area contributed by atoms with E-state index in [1.54, 1.807) is 0 Å². The van der Waals surface area contributed by atoms with Gasteiger partial charge < -0.3 is 9.84 Å². The molecule has 0 unspecified atom stereocenters. The first-order chi connectivity index (χ1) is 8.71. The molecule has 0 amide bonds. The standard InChI is InChI=1S/C10H11Br2NO5S/c11-7-4-6(19(13,16)17)5-8(12)10(7)18-3-1-2-9(14)15/h4-5H,1-3H2,(H,14,15)(H2,13,16,17). The number of benzene rings is 1. The molecule has 0 aliphatic carbocycles. The topological polar surface area (TPSA) is 107 Å². The second kappa shape index (κ2) is 6.69. The molecule has 0 fully saturated rings. The smallest absolute Gasteiger partial charge is 0.303 e. The molecule has 0 aliphatic heterocycles. The van der Waals surface area contributed by atoms with Crippen LogP contribution >= 0.6 is 31.9 Å². The summed E-state index contributed by atoms with van der Waals surface area (Å²) in [6.07, 6.45) is 0.357. The fraction of sp³-hybridized carbons (Fsp3) is 0.300. The number of nitrogens with two attached hydrogens (primary N) is 1. The summed E-state index contributed by atoms with van der Waals surface area (Å²) in [7, 11) is -3.79. The number of hydrogen-bond acceptors (Lipinski definition) is 4. The first-order valence-electron chi connectivity index (χ1n) is 5.08. The molecule has 1 aromatic rings. The van der Waals surface area contributed by atoms with Crippen molar-refractivity contribution in [2.45, 2.75) is 17.7 Å². The molecule has 0 saturated heterocycles. The highest BCUT2D eigenvalue weighted by molar-refractivity contribution is 9.11. The molecule has 0 saturated carbocycles. The molecule has 9 heteroatoms. The van der Waals surface area contributed by atoms with E-state index in [9.17, 15) is 13.2 Å². The summed E-state index contributed by atoms with van der Waals surface area (Å²) >= 11 is 6.36. The molecular weight excluding hydrogens is 406 g/mol. The van der Waals surface area contributed by atoms with E-state index in [-0.39, 0.29) is 17.9 Å². The van der Waals surface area contributed by atoms with Gasteiger partial charge in [-0.05, 0) is 50.4 Å². The van der Waals surface area contributed by atoms with Crippen LogP contribution < -0.4 is 9.88 Å². The summed E-state index contributed by atoms with van der Waals surface area (Å²) in [5.74, 6) is -0.496. The Bertz CT molecular complexity index is 565. The van der Waals surface area contributed by atoms with Crippen LogP contribution in [0.15, 0.2) is 26.0 Å². The second-order valence-corrected chi connectivity index (χ2v) is 6.88. The summed E-state index contributed by atoms with van der Waals surface area (Å²) in [5, 5.41) is 13.5. The van der Waals surface area contributed by atoms with Gasteiger partial charge in [-0.15, -0.1) is 0 Å². The zero-order valence-electron chi connectivity index (χ0n) is 9.60. The van der Waals surface area contributed by atoms with Gasteiger partial charge in [-0.2, -0.15) is 0 Å². The third kappa shape index (κ3) is 5.09. The Labute approximate surface area is 127 Å². The van der Waals surface area contributed by atoms with E-state index in [1.807, 2.05) is 0 Å². The van der Waals surface area contributed by atoms with Crippen LogP contribution in [-0.4, -0.2) is 26.1 Å². The minimum Gasteiger partial charge on any atom is -0.491 e. The fourth-order valence-corrected chi connectivity index (χ4v) is 3.52. The van der Waals surface area contributed by atoms with Gasteiger partial charge in [0, 0.05) is 6.42 Å². The summed E-state index contributed by atoms with van der Waals surface area (Å²) in [5.41, 5.74) is 0. The lowest BCUT2D eigenvalue weighted by molar-refractivity contribution is -0.137. The van der Waals surface area contributed by atoms with Gasteiger partial charge in [0.15, 0.2) is 0 Å². The number of carboxylic acid groups (broad SMARTS) is 1. The van der Waals surface area contributed by atoms with Gasteiger partial charge in [0.05, 0.1) is 20.4 Å². The van der Waals surface area contributed by atoms with E-state index in [2.05, 4.69) is 31.9 Å². The molecule has 19 heavy (non-hydrogen) atoms. The third-order valence-corrected chi connectivity index (χ3v) is 4.15. The number of halogens is 2. The van der Waals surface area contributed by atoms with Crippen LogP contribution in [0.25, 0.3) is 0 Å². The number of hydrogen-bond donors (Lipinski definition) is 2. The van der Waals surface area contributed by atoms with Gasteiger partial charge in [-0.25, -0.2) is 13.6 Å². The zero-order valence-corrected chi connectivity index (χ0v) is 13.6. The van der Waals surface area contributed by atoms with E-state index in [4.69, 9.17) is 15.0 Å². The van der Waals surface area contributed by atoms with Crippen LogP contribution in [0.4, 0.5) is 0 Å². The molecule has 1 aromatic carbocycles. The molecule has 0 atom stereocenters. The monoisotopic (exact) mass is 415 g/mol. The van der Waals surface area contributed by atoms with Crippen molar-refractivity contribution in [3.8, 4) is 5.75 Å². The minimum atomic E-state index is -3.79. The van der Waals surface area contributed by atoms with Crippen LogP contribution in [-0.2, 0) is 14.8 Å². The van der Waals surface area contributed by atoms with Crippen LogP contribution in [0.3, 0.4) is 0 Å². The largest absolute Gasteiger partial charge is 0.491 e. The number of sulfonamides is 1. The second-order valence-electron chi connectivity index (χ2n) is 3.61. The number of aliphatic carboxylic acids is 1. The Morgan fingerprint density at radius 1 is 1.32 bits per heavy atom. The fourth-order valence-electron chi connectivity index (χ4n) is 1.24. The predicted octanol–water partition coefficient (Wildman–Crippen LogP) is 2.10. The number of carbonyl (C=O) groups is 1. The van der Waals surface area contributed by atoms with Gasteiger partial charge in [0.2, 0.25) is 10.0 Å². The van der Waals surface area contributed by atoms with Gasteiger partial charge in [-0.1, -0.05) is 0 Å². The molecule has 1 rings (SSSR count). The number of carboxylic acids is 1. The van der Waals surface area contributed by atoms with Crippen LogP contribution in [0, 0.1) is 0 Å². The van der Waals surface area contributed by atoms with Crippen molar-refractivity contribution in [2.24, 2.45) is 5.14 Å². The average molecular weight is 417 g/mol. The van der Waals surface area contributed by atoms with E-state index in [0.717, 1.165) is 0 Å². The third-order valence-electron chi connectivity index (χ3n) is 2.08. The quantitative estimate of drug-likeness (QED) is 0.690. The van der Waals surface area contributed by atoms with Crippen molar-refractivity contribution < 1.29 is 23.1 Å². The molecular formula is C10H11Br2NO5S. The van der Waals surface area contributed by atoms with Crippen molar-refractivity contribution in [3.63, 3.8) is 0 Å². The van der Waals surface area contributed by atoms with E-state index >= 15 is 0 Å². The molecule has 106 valence electrons. The lowest BCUT2D eigenvalue weighted by atomic mass is 10.3. The maximum atomic E-state index is 11.2. The summed E-state index contributed by atoms with van der Waals surface area (Å²) in [6.45, 7) is 0.207. The van der Waals surface area contributed by atoms with Crippen LogP contribution in [0.1, 0.15) is 12.8 Å². The Morgan fingerprint density at radius 2 is 1.84 bits per heavy atom. The van der Waals surface area contributed by atoms with Crippen LogP contribution in [0.5, 0.6) is 5.75 Å². The zero-order chi connectivity index (χ0) is 14.6. The van der Waals surface area contributed by atoms with Crippen molar-refractivity contribution in [1.29, 1.82) is 0 Å². The highest BCUT2D eigenvalue weighted by Gasteiger charge is 2.15. The highest BCUT2D eigenvalue weighted by Crippen LogP contribution is 2.35. The van der Waals surface area contributed by atoms with E-state index in [1.165, 1.54) is 12.1 Å². The molecule has 0 radical (unpaired) electrons. The number of primary sulfonamides is 1. The normalized spacial score (nSPS) is 11.3. The molecule has 3 N–H and O–H groups in total. The van der Waals surface area contributed by atoms with Crippen molar-refractivity contribution in [2.75, 3.05) is 6.61 Å². The van der Waals surface area contributed by atoms with E-state index in [0.29, 0.717) is 21.1 Å². The first-order valence-corrected chi connectivity index (χ1v) is 8.21. The Kier molecular flexibility index (Phi) is 5.78. The molecule has 0 aliphatic rings. The van der Waals surface area contributed by atoms with Crippen molar-refractivity contribution in [1.82, 2.24) is 0 Å². The predicted molar refractivity (Wildman–Crippen MR) is 75.6 cm³/mol.